The second-order valence-electron chi connectivity index (χ2n) is 10.2. The molecule has 0 aliphatic rings. The molecular weight excluding hydrogens is 512 g/mol. The minimum Gasteiger partial charge on any atom is -0.492 e. The van der Waals surface area contributed by atoms with Crippen LogP contribution in [-0.2, 0) is 6.54 Å². The van der Waals surface area contributed by atoms with Gasteiger partial charge in [-0.25, -0.2) is 0 Å². The number of nitrogens with one attached hydrogen (secondary N) is 1. The van der Waals surface area contributed by atoms with Crippen molar-refractivity contribution in [2.45, 2.75) is 97.4 Å². The fourth-order valence-corrected chi connectivity index (χ4v) is 5.51. The van der Waals surface area contributed by atoms with Crippen molar-refractivity contribution in [3.05, 3.63) is 75.2 Å². The van der Waals surface area contributed by atoms with Gasteiger partial charge in [-0.1, -0.05) is 113 Å². The Balaban J connectivity index is 1.30. The molecule has 1 heterocycles. The van der Waals surface area contributed by atoms with Gasteiger partial charge >= 0.3 is 0 Å². The van der Waals surface area contributed by atoms with Crippen LogP contribution in [0, 0.1) is 6.92 Å². The SMILES string of the molecule is CCCCCCCCCCCCCCOc1ccc(NC(=O)c2ccc(C[n+]3cscc3C)cc2)cc1Cl. The maximum absolute atomic E-state index is 12.7. The van der Waals surface area contributed by atoms with E-state index in [0.29, 0.717) is 28.6 Å². The highest BCUT2D eigenvalue weighted by Crippen LogP contribution is 2.28. The van der Waals surface area contributed by atoms with E-state index >= 15 is 0 Å². The number of amides is 1. The molecule has 1 amide bonds. The molecule has 0 aliphatic carbocycles. The van der Waals surface area contributed by atoms with Crippen LogP contribution < -0.4 is 14.6 Å². The molecule has 0 saturated heterocycles. The number of thiazole rings is 1. The molecule has 0 radical (unpaired) electrons. The summed E-state index contributed by atoms with van der Waals surface area (Å²) in [5.74, 6) is 0.510. The summed E-state index contributed by atoms with van der Waals surface area (Å²) in [5.41, 5.74) is 5.77. The van der Waals surface area contributed by atoms with Crippen molar-refractivity contribution in [1.82, 2.24) is 0 Å². The smallest absolute Gasteiger partial charge is 0.255 e. The Morgan fingerprint density at radius 1 is 0.895 bits per heavy atom. The van der Waals surface area contributed by atoms with Crippen molar-refractivity contribution in [1.29, 1.82) is 0 Å². The predicted molar refractivity (Wildman–Crippen MR) is 161 cm³/mol. The molecule has 1 N–H and O–H groups in total. The first-order chi connectivity index (χ1) is 18.6. The topological polar surface area (TPSA) is 42.2 Å². The zero-order valence-corrected chi connectivity index (χ0v) is 24.7. The van der Waals surface area contributed by atoms with Gasteiger partial charge in [0.15, 0.2) is 12.2 Å². The van der Waals surface area contributed by atoms with Crippen LogP contribution in [0.1, 0.15) is 106 Å². The summed E-state index contributed by atoms with van der Waals surface area (Å²) in [5, 5.41) is 5.58. The lowest BCUT2D eigenvalue weighted by Crippen LogP contribution is -2.34. The average molecular weight is 556 g/mol. The Morgan fingerprint density at radius 2 is 1.53 bits per heavy atom. The van der Waals surface area contributed by atoms with Crippen molar-refractivity contribution in [3.8, 4) is 5.75 Å². The number of rotatable bonds is 18. The third kappa shape index (κ3) is 10.8. The van der Waals surface area contributed by atoms with E-state index in [9.17, 15) is 4.79 Å². The monoisotopic (exact) mass is 555 g/mol. The summed E-state index contributed by atoms with van der Waals surface area (Å²) in [6, 6.07) is 13.1. The first-order valence-corrected chi connectivity index (χ1v) is 15.6. The number of aromatic nitrogens is 1. The van der Waals surface area contributed by atoms with E-state index in [1.165, 1.54) is 76.3 Å². The van der Waals surface area contributed by atoms with Gasteiger partial charge in [-0.2, -0.15) is 4.57 Å². The lowest BCUT2D eigenvalue weighted by molar-refractivity contribution is -0.689. The van der Waals surface area contributed by atoms with Crippen molar-refractivity contribution < 1.29 is 14.1 Å². The molecule has 38 heavy (non-hydrogen) atoms. The van der Waals surface area contributed by atoms with Gasteiger partial charge < -0.3 is 10.1 Å². The molecule has 0 saturated carbocycles. The third-order valence-corrected chi connectivity index (χ3v) is 8.04. The number of ether oxygens (including phenoxy) is 1. The van der Waals surface area contributed by atoms with E-state index in [4.69, 9.17) is 16.3 Å². The second-order valence-corrected chi connectivity index (χ2v) is 11.3. The number of hydrogen-bond acceptors (Lipinski definition) is 3. The van der Waals surface area contributed by atoms with Gasteiger partial charge in [0.1, 0.15) is 5.75 Å². The normalized spacial score (nSPS) is 11.0. The Labute approximate surface area is 238 Å². The predicted octanol–water partition coefficient (Wildman–Crippen LogP) is 9.38. The lowest BCUT2D eigenvalue weighted by Gasteiger charge is -2.11. The molecule has 6 heteroatoms. The second kappa shape index (κ2) is 17.3. The number of nitrogens with zero attached hydrogens (tertiary/aromatic N) is 1. The highest BCUT2D eigenvalue weighted by Gasteiger charge is 2.11. The van der Waals surface area contributed by atoms with Crippen LogP contribution in [0.5, 0.6) is 5.75 Å². The number of unbranched alkanes of at least 4 members (excludes halogenated alkanes) is 11. The van der Waals surface area contributed by atoms with Crippen molar-refractivity contribution in [2.75, 3.05) is 11.9 Å². The van der Waals surface area contributed by atoms with Gasteiger partial charge in [0.2, 0.25) is 5.51 Å². The minimum atomic E-state index is -0.155. The van der Waals surface area contributed by atoms with Gasteiger partial charge in [-0.15, -0.1) is 0 Å². The molecule has 0 bridgehead atoms. The van der Waals surface area contributed by atoms with Gasteiger partial charge in [0.25, 0.3) is 5.91 Å². The Morgan fingerprint density at radius 3 is 2.11 bits per heavy atom. The van der Waals surface area contributed by atoms with E-state index < -0.39 is 0 Å². The molecule has 2 aromatic carbocycles. The number of hydrogen-bond donors (Lipinski definition) is 1. The number of benzene rings is 2. The maximum atomic E-state index is 12.7. The molecule has 0 unspecified atom stereocenters. The molecule has 3 aromatic rings. The molecule has 3 rings (SSSR count). The summed E-state index contributed by atoms with van der Waals surface area (Å²) in [4.78, 5) is 12.7. The van der Waals surface area contributed by atoms with E-state index in [0.717, 1.165) is 18.5 Å². The van der Waals surface area contributed by atoms with Crippen LogP contribution in [0.25, 0.3) is 0 Å². The molecule has 4 nitrogen and oxygen atoms in total. The van der Waals surface area contributed by atoms with Crippen LogP contribution in [0.4, 0.5) is 5.69 Å². The summed E-state index contributed by atoms with van der Waals surface area (Å²) >= 11 is 8.12. The van der Waals surface area contributed by atoms with Gasteiger partial charge in [-0.05, 0) is 36.8 Å². The van der Waals surface area contributed by atoms with Crippen LogP contribution in [0.15, 0.2) is 53.4 Å². The fraction of sp³-hybridized carbons (Fsp3) is 0.500. The van der Waals surface area contributed by atoms with E-state index in [1.807, 2.05) is 36.4 Å². The highest BCUT2D eigenvalue weighted by atomic mass is 35.5. The average Bonchev–Trinajstić information content (AvgIpc) is 3.32. The first kappa shape index (κ1) is 30.2. The van der Waals surface area contributed by atoms with E-state index in [-0.39, 0.29) is 5.91 Å². The van der Waals surface area contributed by atoms with E-state index in [1.54, 1.807) is 17.4 Å². The standard InChI is InChI=1S/C32H43ClN2O2S/c1-3-4-5-6-7-8-9-10-11-12-13-14-21-37-31-20-19-29(22-30(31)33)34-32(36)28-17-15-27(16-18-28)23-35-25-38-24-26(35)2/h15-20,22,24-25H,3-14,21,23H2,1-2H3/p+1. The summed E-state index contributed by atoms with van der Waals surface area (Å²) in [6.07, 6.45) is 15.9. The summed E-state index contributed by atoms with van der Waals surface area (Å²) in [7, 11) is 0. The molecule has 1 aromatic heterocycles. The number of halogens is 1. The van der Waals surface area contributed by atoms with Crippen LogP contribution in [0.2, 0.25) is 5.02 Å². The van der Waals surface area contributed by atoms with Gasteiger partial charge in [-0.3, -0.25) is 4.79 Å². The summed E-state index contributed by atoms with van der Waals surface area (Å²) < 4.78 is 8.09. The first-order valence-electron chi connectivity index (χ1n) is 14.3. The Hall–Kier alpha value is -2.37. The minimum absolute atomic E-state index is 0.155. The number of aryl methyl sites for hydroxylation is 1. The maximum Gasteiger partial charge on any atom is 0.255 e. The van der Waals surface area contributed by atoms with Crippen molar-refractivity contribution >= 4 is 34.5 Å². The molecular formula is C32H44ClN2O2S+. The van der Waals surface area contributed by atoms with Crippen molar-refractivity contribution in [2.24, 2.45) is 0 Å². The Bertz CT molecular complexity index is 1100. The molecule has 0 atom stereocenters. The van der Waals surface area contributed by atoms with Crippen molar-refractivity contribution in [3.63, 3.8) is 0 Å². The fourth-order valence-electron chi connectivity index (χ4n) is 4.50. The summed E-state index contributed by atoms with van der Waals surface area (Å²) in [6.45, 7) is 5.83. The lowest BCUT2D eigenvalue weighted by atomic mass is 10.1. The zero-order chi connectivity index (χ0) is 27.0. The van der Waals surface area contributed by atoms with Gasteiger partial charge in [0.05, 0.1) is 17.0 Å². The molecule has 0 aliphatic heterocycles. The van der Waals surface area contributed by atoms with Crippen LogP contribution >= 0.6 is 22.9 Å². The third-order valence-electron chi connectivity index (χ3n) is 6.89. The molecule has 0 spiro atoms. The van der Waals surface area contributed by atoms with Crippen LogP contribution in [-0.4, -0.2) is 12.5 Å². The van der Waals surface area contributed by atoms with Gasteiger partial charge in [0, 0.05) is 23.7 Å². The molecule has 206 valence electrons. The number of anilines is 1. The van der Waals surface area contributed by atoms with Crippen LogP contribution in [0.3, 0.4) is 0 Å². The Kier molecular flexibility index (Phi) is 13.7. The number of carbonyl (C=O) groups excluding carboxylic acids is 1. The number of carbonyl (C=O) groups is 1. The van der Waals surface area contributed by atoms with E-state index in [2.05, 4.69) is 34.6 Å². The quantitative estimate of drug-likeness (QED) is 0.125. The highest BCUT2D eigenvalue weighted by molar-refractivity contribution is 7.07. The molecule has 0 fully saturated rings. The zero-order valence-electron chi connectivity index (χ0n) is 23.1. The largest absolute Gasteiger partial charge is 0.492 e.